The van der Waals surface area contributed by atoms with Crippen molar-refractivity contribution in [3.05, 3.63) is 179 Å². The number of rotatable bonds is 7. The van der Waals surface area contributed by atoms with E-state index < -0.39 is 0 Å². The van der Waals surface area contributed by atoms with E-state index in [0.29, 0.717) is 0 Å². The van der Waals surface area contributed by atoms with Gasteiger partial charge in [0.05, 0.1) is 0 Å². The van der Waals surface area contributed by atoms with Crippen LogP contribution in [0.1, 0.15) is 45.7 Å². The van der Waals surface area contributed by atoms with Gasteiger partial charge in [-0.3, -0.25) is 0 Å². The zero-order chi connectivity index (χ0) is 39.3. The fraction of sp³-hybridized carbons (Fsp3) is 0.176. The zero-order valence-electron chi connectivity index (χ0n) is 33.0. The fourth-order valence-electron chi connectivity index (χ4n) is 8.19. The van der Waals surface area contributed by atoms with E-state index >= 15 is 0 Å². The monoisotopic (exact) mass is 925 g/mol. The van der Waals surface area contributed by atoms with Crippen LogP contribution in [0.15, 0.2) is 164 Å². The van der Waals surface area contributed by atoms with Crippen LogP contribution >= 0.6 is 0 Å². The molecule has 0 bridgehead atoms. The Morgan fingerprint density at radius 2 is 1.25 bits per heavy atom. The molecule has 0 atom stereocenters. The molecule has 0 fully saturated rings. The van der Waals surface area contributed by atoms with E-state index in [4.69, 9.17) is 9.72 Å². The van der Waals surface area contributed by atoms with Gasteiger partial charge in [-0.2, -0.15) is 0 Å². The van der Waals surface area contributed by atoms with Crippen molar-refractivity contribution in [2.75, 3.05) is 11.4 Å². The average Bonchev–Trinajstić information content (AvgIpc) is 3.51. The van der Waals surface area contributed by atoms with Crippen molar-refractivity contribution < 1.29 is 24.1 Å². The zero-order valence-corrected chi connectivity index (χ0v) is 35.3. The summed E-state index contributed by atoms with van der Waals surface area (Å²) < 4.78 is 12.6. The molecule has 286 valence electrons. The summed E-state index contributed by atoms with van der Waals surface area (Å²) in [4.78, 5) is 7.05. The molecule has 8 aromatic rings. The third kappa shape index (κ3) is 7.11. The second-order valence-electron chi connectivity index (χ2n) is 16.8. The van der Waals surface area contributed by atoms with Gasteiger partial charge in [0.25, 0.3) is 0 Å². The molecule has 1 aliphatic rings. The van der Waals surface area contributed by atoms with E-state index in [1.165, 1.54) is 33.4 Å². The number of pyridine rings is 1. The number of aromatic nitrogens is 3. The van der Waals surface area contributed by atoms with Crippen LogP contribution in [-0.4, -0.2) is 20.7 Å². The van der Waals surface area contributed by atoms with Gasteiger partial charge in [-0.15, -0.1) is 0 Å². The Morgan fingerprint density at radius 1 is 0.632 bits per heavy atom. The summed E-state index contributed by atoms with van der Waals surface area (Å²) in [5.41, 5.74) is 13.0. The van der Waals surface area contributed by atoms with E-state index in [-0.39, 0.29) is 10.8 Å². The molecule has 0 amide bonds. The Labute approximate surface area is 346 Å². The van der Waals surface area contributed by atoms with Crippen molar-refractivity contribution in [3.8, 4) is 45.1 Å². The van der Waals surface area contributed by atoms with Crippen LogP contribution in [-0.2, 0) is 31.2 Å². The van der Waals surface area contributed by atoms with Gasteiger partial charge in [-0.25, -0.2) is 0 Å². The SMILES string of the molecule is CC1(C)Cc2ccc(Oc3cccc(-n4[c](=[Pt])n(-c5c(-c6ccccc6)cc(C(C)(C)C)cc5-c5ccccc5)c5ccccc54)c3)cc2N(c2ccccn2)C1. The standard InChI is InChI=1S/C51H46N4O.Pt/c1-50(2,3)39-29-43(36-17-8-6-9-18-36)49(44(30-39)37-19-10-7-11-20-37)55-35-54(45-23-12-13-24-46(45)55)40-21-16-22-41(31-40)56-42-27-26-38-33-51(4,5)34-53(47(38)32-42)48-25-14-15-28-52-48;/h6-32H,33-34H2,1-5H3;. The van der Waals surface area contributed by atoms with Crippen molar-refractivity contribution in [3.63, 3.8) is 0 Å². The summed E-state index contributed by atoms with van der Waals surface area (Å²) >= 11 is 2.52. The van der Waals surface area contributed by atoms with Gasteiger partial charge in [0, 0.05) is 6.20 Å². The maximum absolute atomic E-state index is 6.72. The molecule has 0 aliphatic carbocycles. The Kier molecular flexibility index (Phi) is 9.45. The number of nitrogens with zero attached hydrogens (tertiary/aromatic N) is 4. The van der Waals surface area contributed by atoms with Gasteiger partial charge in [0.15, 0.2) is 0 Å². The predicted molar refractivity (Wildman–Crippen MR) is 231 cm³/mol. The van der Waals surface area contributed by atoms with Crippen LogP contribution in [0.4, 0.5) is 11.5 Å². The number of imidazole rings is 1. The first-order valence-corrected chi connectivity index (χ1v) is 20.8. The summed E-state index contributed by atoms with van der Waals surface area (Å²) in [5.74, 6) is 2.53. The Hall–Kier alpha value is -5.77. The molecule has 6 aromatic carbocycles. The number of para-hydroxylation sites is 2. The molecule has 0 N–H and O–H groups in total. The summed E-state index contributed by atoms with van der Waals surface area (Å²) in [6, 6.07) is 56.2. The van der Waals surface area contributed by atoms with E-state index in [0.717, 1.165) is 62.2 Å². The van der Waals surface area contributed by atoms with Gasteiger partial charge in [0.1, 0.15) is 0 Å². The van der Waals surface area contributed by atoms with Gasteiger partial charge in [0.2, 0.25) is 0 Å². The molecule has 0 unspecified atom stereocenters. The molecule has 2 aromatic heterocycles. The molecule has 6 heteroatoms. The van der Waals surface area contributed by atoms with Gasteiger partial charge in [-0.1, -0.05) is 19.9 Å². The van der Waals surface area contributed by atoms with Gasteiger partial charge < -0.3 is 0 Å². The quantitative estimate of drug-likeness (QED) is 0.160. The molecular weight excluding hydrogens is 880 g/mol. The Bertz CT molecular complexity index is 2740. The third-order valence-corrected chi connectivity index (χ3v) is 11.9. The van der Waals surface area contributed by atoms with Crippen molar-refractivity contribution in [2.45, 2.75) is 46.5 Å². The summed E-state index contributed by atoms with van der Waals surface area (Å²) in [7, 11) is 0. The number of benzene rings is 6. The Morgan fingerprint density at radius 3 is 1.88 bits per heavy atom. The predicted octanol–water partition coefficient (Wildman–Crippen LogP) is 13.0. The van der Waals surface area contributed by atoms with Crippen LogP contribution in [0, 0.1) is 9.22 Å². The minimum atomic E-state index is -0.0522. The Balaban J connectivity index is 1.19. The van der Waals surface area contributed by atoms with E-state index in [1.807, 2.05) is 18.3 Å². The molecule has 0 saturated heterocycles. The van der Waals surface area contributed by atoms with Gasteiger partial charge in [-0.05, 0) is 6.07 Å². The number of ether oxygens (including phenoxy) is 1. The van der Waals surface area contributed by atoms with E-state index in [9.17, 15) is 0 Å². The first kappa shape index (κ1) is 36.8. The molecule has 1 aliphatic heterocycles. The van der Waals surface area contributed by atoms with Crippen molar-refractivity contribution in [1.29, 1.82) is 0 Å². The topological polar surface area (TPSA) is 35.2 Å². The molecule has 9 rings (SSSR count). The van der Waals surface area contributed by atoms with Crippen molar-refractivity contribution in [1.82, 2.24) is 14.1 Å². The van der Waals surface area contributed by atoms with Crippen molar-refractivity contribution >= 4 is 22.5 Å². The molecular formula is C51H46N4OPt. The molecule has 0 radical (unpaired) electrons. The van der Waals surface area contributed by atoms with Gasteiger partial charge >= 0.3 is 316 Å². The second kappa shape index (κ2) is 14.6. The number of hydrogen-bond acceptors (Lipinski definition) is 3. The average molecular weight is 926 g/mol. The van der Waals surface area contributed by atoms with Crippen LogP contribution in [0.5, 0.6) is 11.5 Å². The second-order valence-corrected chi connectivity index (χ2v) is 17.8. The van der Waals surface area contributed by atoms with Crippen LogP contribution in [0.2, 0.25) is 0 Å². The first-order valence-electron chi connectivity index (χ1n) is 19.6. The molecule has 57 heavy (non-hydrogen) atoms. The summed E-state index contributed by atoms with van der Waals surface area (Å²) in [6.45, 7) is 12.4. The van der Waals surface area contributed by atoms with Crippen LogP contribution < -0.4 is 9.64 Å². The molecule has 5 nitrogen and oxygen atoms in total. The molecule has 0 spiro atoms. The fourth-order valence-corrected chi connectivity index (χ4v) is 9.28. The van der Waals surface area contributed by atoms with Crippen LogP contribution in [0.3, 0.4) is 0 Å². The number of anilines is 2. The summed E-state index contributed by atoms with van der Waals surface area (Å²) in [5, 5.41) is 0. The number of fused-ring (bicyclic) bond motifs is 2. The third-order valence-electron chi connectivity index (χ3n) is 10.9. The molecule has 0 saturated carbocycles. The van der Waals surface area contributed by atoms with E-state index in [2.05, 4.69) is 214 Å². The number of hydrogen-bond donors (Lipinski definition) is 0. The maximum atomic E-state index is 6.72. The van der Waals surface area contributed by atoms with E-state index in [1.54, 1.807) is 0 Å². The van der Waals surface area contributed by atoms with Crippen molar-refractivity contribution in [2.24, 2.45) is 5.41 Å². The summed E-state index contributed by atoms with van der Waals surface area (Å²) in [6.07, 6.45) is 2.86. The van der Waals surface area contributed by atoms with Crippen LogP contribution in [0.25, 0.3) is 44.7 Å². The molecule has 3 heterocycles. The minimum absolute atomic E-state index is 0.0522. The first-order chi connectivity index (χ1) is 27.5. The normalized spacial score (nSPS) is 13.8.